The van der Waals surface area contributed by atoms with Gasteiger partial charge >= 0.3 is 0 Å². The molecule has 0 amide bonds. The Morgan fingerprint density at radius 3 is 2.83 bits per heavy atom. The molecule has 0 unspecified atom stereocenters. The molecule has 3 rings (SSSR count). The number of H-pyrrole nitrogens is 1. The topological polar surface area (TPSA) is 101 Å². The predicted molar refractivity (Wildman–Crippen MR) is 87.8 cm³/mol. The van der Waals surface area contributed by atoms with Crippen molar-refractivity contribution >= 4 is 33.9 Å². The van der Waals surface area contributed by atoms with Gasteiger partial charge in [-0.2, -0.15) is 0 Å². The molecule has 7 nitrogen and oxygen atoms in total. The van der Waals surface area contributed by atoms with E-state index in [4.69, 9.17) is 11.6 Å². The zero-order valence-electron chi connectivity index (χ0n) is 12.0. The standard InChI is InChI=1S/C15H10ClFN4O3/c16-10-3-8(1-2-11(10)17)6-18-13-5-12-9(4-14(13)21(23)24)15(22)20-7-19-12/h1-5,7,18H,6H2,(H,19,20,22). The number of hydrogen-bond donors (Lipinski definition) is 2. The molecule has 3 aromatic rings. The van der Waals surface area contributed by atoms with Gasteiger partial charge in [-0.1, -0.05) is 17.7 Å². The van der Waals surface area contributed by atoms with Crippen molar-refractivity contribution in [3.05, 3.63) is 73.5 Å². The Labute approximate surface area is 139 Å². The first kappa shape index (κ1) is 15.9. The lowest BCUT2D eigenvalue weighted by Crippen LogP contribution is -2.09. The molecule has 0 saturated carbocycles. The molecule has 0 spiro atoms. The molecule has 0 aliphatic carbocycles. The van der Waals surface area contributed by atoms with E-state index in [1.54, 1.807) is 0 Å². The summed E-state index contributed by atoms with van der Waals surface area (Å²) in [6.07, 6.45) is 1.22. The van der Waals surface area contributed by atoms with Gasteiger partial charge in [0.2, 0.25) is 0 Å². The van der Waals surface area contributed by atoms with Crippen LogP contribution in [0.2, 0.25) is 5.02 Å². The molecule has 2 aromatic carbocycles. The van der Waals surface area contributed by atoms with Crippen molar-refractivity contribution in [2.24, 2.45) is 0 Å². The van der Waals surface area contributed by atoms with Crippen LogP contribution >= 0.6 is 11.6 Å². The van der Waals surface area contributed by atoms with Crippen LogP contribution in [0.5, 0.6) is 0 Å². The number of nitrogens with zero attached hydrogens (tertiary/aromatic N) is 2. The Hall–Kier alpha value is -3.00. The number of aromatic amines is 1. The summed E-state index contributed by atoms with van der Waals surface area (Å²) in [6, 6.07) is 6.76. The summed E-state index contributed by atoms with van der Waals surface area (Å²) in [5.74, 6) is -0.541. The SMILES string of the molecule is O=c1[nH]cnc2cc(NCc3ccc(F)c(Cl)c3)c([N+](=O)[O-])cc12. The Morgan fingerprint density at radius 1 is 1.33 bits per heavy atom. The van der Waals surface area contributed by atoms with Crippen molar-refractivity contribution in [2.45, 2.75) is 6.54 Å². The first-order chi connectivity index (χ1) is 11.5. The van der Waals surface area contributed by atoms with Crippen LogP contribution in [0.1, 0.15) is 5.56 Å². The second-order valence-electron chi connectivity index (χ2n) is 4.98. The zero-order valence-corrected chi connectivity index (χ0v) is 12.8. The lowest BCUT2D eigenvalue weighted by Gasteiger charge is -2.09. The number of fused-ring (bicyclic) bond motifs is 1. The van der Waals surface area contributed by atoms with Crippen LogP contribution in [-0.2, 0) is 6.54 Å². The summed E-state index contributed by atoms with van der Waals surface area (Å²) in [6.45, 7) is 0.190. The molecule has 2 N–H and O–H groups in total. The Balaban J connectivity index is 1.98. The molecule has 0 radical (unpaired) electrons. The average Bonchev–Trinajstić information content (AvgIpc) is 2.55. The molecule has 1 heterocycles. The summed E-state index contributed by atoms with van der Waals surface area (Å²) < 4.78 is 13.2. The first-order valence-electron chi connectivity index (χ1n) is 6.79. The van der Waals surface area contributed by atoms with Crippen molar-refractivity contribution in [1.82, 2.24) is 9.97 Å². The number of halogens is 2. The maximum Gasteiger partial charge on any atom is 0.293 e. The van der Waals surface area contributed by atoms with Crippen molar-refractivity contribution < 1.29 is 9.31 Å². The quantitative estimate of drug-likeness (QED) is 0.556. The molecule has 24 heavy (non-hydrogen) atoms. The highest BCUT2D eigenvalue weighted by molar-refractivity contribution is 6.30. The summed E-state index contributed by atoms with van der Waals surface area (Å²) in [4.78, 5) is 28.7. The number of nitro benzene ring substituents is 1. The minimum absolute atomic E-state index is 0.0319. The molecule has 0 bridgehead atoms. The van der Waals surface area contributed by atoms with Gasteiger partial charge < -0.3 is 10.3 Å². The number of rotatable bonds is 4. The van der Waals surface area contributed by atoms with E-state index in [0.29, 0.717) is 11.1 Å². The number of aromatic nitrogens is 2. The Morgan fingerprint density at radius 2 is 2.12 bits per heavy atom. The summed E-state index contributed by atoms with van der Waals surface area (Å²) in [7, 11) is 0. The van der Waals surface area contributed by atoms with Crippen LogP contribution in [0.25, 0.3) is 10.9 Å². The smallest absolute Gasteiger partial charge is 0.293 e. The summed E-state index contributed by atoms with van der Waals surface area (Å²) >= 11 is 5.71. The molecule has 9 heteroatoms. The molecular weight excluding hydrogens is 339 g/mol. The van der Waals surface area contributed by atoms with E-state index < -0.39 is 16.3 Å². The van der Waals surface area contributed by atoms with E-state index in [1.165, 1.54) is 36.7 Å². The number of nitrogens with one attached hydrogen (secondary N) is 2. The van der Waals surface area contributed by atoms with Crippen LogP contribution < -0.4 is 10.9 Å². The molecule has 0 fully saturated rings. The maximum atomic E-state index is 13.2. The van der Waals surface area contributed by atoms with Gasteiger partial charge in [-0.3, -0.25) is 14.9 Å². The van der Waals surface area contributed by atoms with E-state index in [0.717, 1.165) is 0 Å². The minimum atomic E-state index is -0.591. The highest BCUT2D eigenvalue weighted by atomic mass is 35.5. The molecule has 1 aromatic heterocycles. The van der Waals surface area contributed by atoms with Gasteiger partial charge in [0.1, 0.15) is 11.5 Å². The van der Waals surface area contributed by atoms with E-state index in [-0.39, 0.29) is 28.3 Å². The predicted octanol–water partition coefficient (Wildman–Crippen LogP) is 3.24. The van der Waals surface area contributed by atoms with Gasteiger partial charge in [-0.05, 0) is 23.8 Å². The van der Waals surface area contributed by atoms with E-state index in [9.17, 15) is 19.3 Å². The lowest BCUT2D eigenvalue weighted by atomic mass is 10.1. The van der Waals surface area contributed by atoms with Crippen molar-refractivity contribution in [1.29, 1.82) is 0 Å². The number of hydrogen-bond acceptors (Lipinski definition) is 5. The highest BCUT2D eigenvalue weighted by Gasteiger charge is 2.17. The van der Waals surface area contributed by atoms with E-state index >= 15 is 0 Å². The molecule has 0 atom stereocenters. The van der Waals surface area contributed by atoms with Crippen LogP contribution in [0.3, 0.4) is 0 Å². The lowest BCUT2D eigenvalue weighted by molar-refractivity contribution is -0.383. The van der Waals surface area contributed by atoms with E-state index in [1.807, 2.05) is 0 Å². The molecule has 0 aliphatic rings. The molecular formula is C15H10ClFN4O3. The van der Waals surface area contributed by atoms with Crippen molar-refractivity contribution in [2.75, 3.05) is 5.32 Å². The Bertz CT molecular complexity index is 1010. The number of benzene rings is 2. The van der Waals surface area contributed by atoms with Crippen LogP contribution in [0.15, 0.2) is 41.5 Å². The number of nitro groups is 1. The largest absolute Gasteiger partial charge is 0.375 e. The summed E-state index contributed by atoms with van der Waals surface area (Å²) in [5.41, 5.74) is 0.457. The molecule has 122 valence electrons. The Kier molecular flexibility index (Phi) is 4.13. The minimum Gasteiger partial charge on any atom is -0.375 e. The van der Waals surface area contributed by atoms with Crippen LogP contribution in [-0.4, -0.2) is 14.9 Å². The monoisotopic (exact) mass is 348 g/mol. The zero-order chi connectivity index (χ0) is 17.3. The number of anilines is 1. The van der Waals surface area contributed by atoms with Gasteiger partial charge in [-0.15, -0.1) is 0 Å². The maximum absolute atomic E-state index is 13.2. The average molecular weight is 349 g/mol. The van der Waals surface area contributed by atoms with Crippen LogP contribution in [0.4, 0.5) is 15.8 Å². The fourth-order valence-corrected chi connectivity index (χ4v) is 2.45. The fourth-order valence-electron chi connectivity index (χ4n) is 2.24. The van der Waals surface area contributed by atoms with Gasteiger partial charge in [-0.25, -0.2) is 9.37 Å². The third kappa shape index (κ3) is 3.04. The van der Waals surface area contributed by atoms with Gasteiger partial charge in [0.15, 0.2) is 0 Å². The normalized spacial score (nSPS) is 10.8. The van der Waals surface area contributed by atoms with Gasteiger partial charge in [0.25, 0.3) is 11.2 Å². The van der Waals surface area contributed by atoms with Gasteiger partial charge in [0, 0.05) is 12.6 Å². The summed E-state index contributed by atoms with van der Waals surface area (Å²) in [5, 5.41) is 14.2. The molecule has 0 saturated heterocycles. The second kappa shape index (κ2) is 6.25. The molecule has 0 aliphatic heterocycles. The van der Waals surface area contributed by atoms with E-state index in [2.05, 4.69) is 15.3 Å². The third-order valence-electron chi connectivity index (χ3n) is 3.42. The third-order valence-corrected chi connectivity index (χ3v) is 3.71. The van der Waals surface area contributed by atoms with Crippen LogP contribution in [0, 0.1) is 15.9 Å². The van der Waals surface area contributed by atoms with Crippen molar-refractivity contribution in [3.63, 3.8) is 0 Å². The van der Waals surface area contributed by atoms with Crippen molar-refractivity contribution in [3.8, 4) is 0 Å². The van der Waals surface area contributed by atoms with Gasteiger partial charge in [0.05, 0.1) is 27.2 Å². The fraction of sp³-hybridized carbons (Fsp3) is 0.0667. The first-order valence-corrected chi connectivity index (χ1v) is 7.17. The highest BCUT2D eigenvalue weighted by Crippen LogP contribution is 2.28. The second-order valence-corrected chi connectivity index (χ2v) is 5.38.